The van der Waals surface area contributed by atoms with Crippen LogP contribution in [0.3, 0.4) is 0 Å². The SMILES string of the molecule is COc1ccc(CNC(=O)Nc2ccccc2SCC(F)(F)F)c(OC)c1OC. The van der Waals surface area contributed by atoms with Gasteiger partial charge in [-0.05, 0) is 24.3 Å². The molecule has 0 fully saturated rings. The van der Waals surface area contributed by atoms with Crippen molar-refractivity contribution in [3.05, 3.63) is 42.0 Å². The van der Waals surface area contributed by atoms with Crippen LogP contribution in [0.25, 0.3) is 0 Å². The molecule has 0 aliphatic carbocycles. The molecular weight excluding hydrogens is 409 g/mol. The van der Waals surface area contributed by atoms with Crippen LogP contribution in [0.15, 0.2) is 41.3 Å². The zero-order valence-corrected chi connectivity index (χ0v) is 16.9. The van der Waals surface area contributed by atoms with Gasteiger partial charge in [0.15, 0.2) is 11.5 Å². The number of ether oxygens (including phenoxy) is 3. The van der Waals surface area contributed by atoms with Crippen molar-refractivity contribution >= 4 is 23.5 Å². The van der Waals surface area contributed by atoms with Crippen LogP contribution in [-0.2, 0) is 6.54 Å². The van der Waals surface area contributed by atoms with Crippen molar-refractivity contribution in [1.29, 1.82) is 0 Å². The Hall–Kier alpha value is -2.75. The van der Waals surface area contributed by atoms with E-state index in [0.29, 0.717) is 45.2 Å². The molecule has 6 nitrogen and oxygen atoms in total. The van der Waals surface area contributed by atoms with Gasteiger partial charge in [-0.1, -0.05) is 12.1 Å². The van der Waals surface area contributed by atoms with E-state index in [-0.39, 0.29) is 6.54 Å². The number of rotatable bonds is 8. The van der Waals surface area contributed by atoms with Crippen LogP contribution >= 0.6 is 11.8 Å². The Morgan fingerprint density at radius 2 is 1.69 bits per heavy atom. The molecule has 0 aromatic heterocycles. The van der Waals surface area contributed by atoms with Crippen LogP contribution in [0.1, 0.15) is 5.56 Å². The zero-order chi connectivity index (χ0) is 21.4. The van der Waals surface area contributed by atoms with E-state index < -0.39 is 18.0 Å². The van der Waals surface area contributed by atoms with Gasteiger partial charge in [-0.25, -0.2) is 4.79 Å². The lowest BCUT2D eigenvalue weighted by Gasteiger charge is -2.16. The van der Waals surface area contributed by atoms with Gasteiger partial charge in [-0.2, -0.15) is 13.2 Å². The Morgan fingerprint density at radius 3 is 2.31 bits per heavy atom. The van der Waals surface area contributed by atoms with Crippen molar-refractivity contribution in [2.75, 3.05) is 32.4 Å². The third-order valence-electron chi connectivity index (χ3n) is 3.75. The molecule has 0 atom stereocenters. The average Bonchev–Trinajstić information content (AvgIpc) is 2.70. The number of hydrogen-bond donors (Lipinski definition) is 2. The Kier molecular flexibility index (Phi) is 7.89. The number of hydrogen-bond acceptors (Lipinski definition) is 5. The fourth-order valence-corrected chi connectivity index (χ4v) is 3.27. The molecule has 0 heterocycles. The highest BCUT2D eigenvalue weighted by atomic mass is 32.2. The van der Waals surface area contributed by atoms with E-state index in [1.165, 1.54) is 33.5 Å². The number of thioether (sulfide) groups is 1. The summed E-state index contributed by atoms with van der Waals surface area (Å²) < 4.78 is 53.3. The molecule has 2 amide bonds. The number of carbonyl (C=O) groups excluding carboxylic acids is 1. The van der Waals surface area contributed by atoms with Gasteiger partial charge in [0, 0.05) is 17.0 Å². The predicted octanol–water partition coefficient (Wildman–Crippen LogP) is 4.69. The van der Waals surface area contributed by atoms with Crippen LogP contribution in [0.5, 0.6) is 17.2 Å². The summed E-state index contributed by atoms with van der Waals surface area (Å²) in [6.07, 6.45) is -4.30. The van der Waals surface area contributed by atoms with E-state index in [0.717, 1.165) is 0 Å². The van der Waals surface area contributed by atoms with Gasteiger partial charge in [-0.3, -0.25) is 0 Å². The Labute approximate surface area is 170 Å². The minimum atomic E-state index is -4.30. The van der Waals surface area contributed by atoms with Crippen molar-refractivity contribution in [3.8, 4) is 17.2 Å². The largest absolute Gasteiger partial charge is 0.493 e. The minimum absolute atomic E-state index is 0.104. The van der Waals surface area contributed by atoms with Gasteiger partial charge < -0.3 is 24.8 Å². The van der Waals surface area contributed by atoms with Crippen LogP contribution < -0.4 is 24.8 Å². The maximum Gasteiger partial charge on any atom is 0.398 e. The molecule has 0 aliphatic rings. The Balaban J connectivity index is 2.06. The third kappa shape index (κ3) is 6.38. The van der Waals surface area contributed by atoms with Crippen molar-refractivity contribution < 1.29 is 32.2 Å². The number of halogens is 3. The van der Waals surface area contributed by atoms with E-state index in [1.54, 1.807) is 24.3 Å². The number of carbonyl (C=O) groups is 1. The summed E-state index contributed by atoms with van der Waals surface area (Å²) in [5, 5.41) is 5.22. The summed E-state index contributed by atoms with van der Waals surface area (Å²) in [6.45, 7) is 0.104. The molecule has 2 N–H and O–H groups in total. The van der Waals surface area contributed by atoms with E-state index in [2.05, 4.69) is 10.6 Å². The first-order valence-electron chi connectivity index (χ1n) is 8.40. The van der Waals surface area contributed by atoms with Gasteiger partial charge in [0.1, 0.15) is 0 Å². The lowest BCUT2D eigenvalue weighted by molar-refractivity contribution is -0.105. The Bertz CT molecular complexity index is 847. The molecule has 2 rings (SSSR count). The van der Waals surface area contributed by atoms with Gasteiger partial charge in [0.25, 0.3) is 0 Å². The highest BCUT2D eigenvalue weighted by molar-refractivity contribution is 7.99. The first-order valence-corrected chi connectivity index (χ1v) is 9.39. The summed E-state index contributed by atoms with van der Waals surface area (Å²) in [5.41, 5.74) is 0.929. The predicted molar refractivity (Wildman–Crippen MR) is 105 cm³/mol. The highest BCUT2D eigenvalue weighted by Crippen LogP contribution is 2.39. The average molecular weight is 430 g/mol. The lowest BCUT2D eigenvalue weighted by atomic mass is 10.1. The molecule has 0 unspecified atom stereocenters. The quantitative estimate of drug-likeness (QED) is 0.595. The highest BCUT2D eigenvalue weighted by Gasteiger charge is 2.27. The maximum atomic E-state index is 12.5. The summed E-state index contributed by atoms with van der Waals surface area (Å²) in [4.78, 5) is 12.6. The number of alkyl halides is 3. The zero-order valence-electron chi connectivity index (χ0n) is 16.1. The van der Waals surface area contributed by atoms with E-state index in [9.17, 15) is 18.0 Å². The lowest BCUT2D eigenvalue weighted by Crippen LogP contribution is -2.28. The summed E-state index contributed by atoms with van der Waals surface area (Å²) in [7, 11) is 4.44. The van der Waals surface area contributed by atoms with Gasteiger partial charge in [-0.15, -0.1) is 11.8 Å². The number of para-hydroxylation sites is 1. The number of amides is 2. The second-order valence-corrected chi connectivity index (χ2v) is 6.72. The van der Waals surface area contributed by atoms with Gasteiger partial charge in [0.2, 0.25) is 5.75 Å². The molecule has 0 spiro atoms. The fourth-order valence-electron chi connectivity index (χ4n) is 2.50. The normalized spacial score (nSPS) is 11.0. The van der Waals surface area contributed by atoms with Gasteiger partial charge in [0.05, 0.1) is 32.8 Å². The van der Waals surface area contributed by atoms with E-state index >= 15 is 0 Å². The van der Waals surface area contributed by atoms with Crippen LogP contribution in [0.2, 0.25) is 0 Å². The first kappa shape index (κ1) is 22.5. The third-order valence-corrected chi connectivity index (χ3v) is 4.89. The maximum absolute atomic E-state index is 12.5. The fraction of sp³-hybridized carbons (Fsp3) is 0.316. The number of urea groups is 1. The molecule has 10 heteroatoms. The van der Waals surface area contributed by atoms with Crippen molar-refractivity contribution in [1.82, 2.24) is 5.32 Å². The van der Waals surface area contributed by atoms with Crippen LogP contribution in [0, 0.1) is 0 Å². The summed E-state index contributed by atoms with van der Waals surface area (Å²) in [6, 6.07) is 9.12. The van der Waals surface area contributed by atoms with Crippen LogP contribution in [-0.4, -0.2) is 39.3 Å². The Morgan fingerprint density at radius 1 is 1.00 bits per heavy atom. The van der Waals surface area contributed by atoms with Crippen molar-refractivity contribution in [3.63, 3.8) is 0 Å². The summed E-state index contributed by atoms with van der Waals surface area (Å²) in [5.74, 6) is 0.237. The van der Waals surface area contributed by atoms with Crippen molar-refractivity contribution in [2.45, 2.75) is 17.6 Å². The molecule has 0 saturated carbocycles. The minimum Gasteiger partial charge on any atom is -0.493 e. The molecule has 0 bridgehead atoms. The second kappa shape index (κ2) is 10.1. The van der Waals surface area contributed by atoms with Crippen molar-refractivity contribution in [2.24, 2.45) is 0 Å². The molecule has 0 aliphatic heterocycles. The molecule has 158 valence electrons. The molecule has 0 radical (unpaired) electrons. The molecule has 2 aromatic rings. The number of nitrogens with one attached hydrogen (secondary N) is 2. The second-order valence-electron chi connectivity index (χ2n) is 5.70. The molecule has 29 heavy (non-hydrogen) atoms. The molecule has 2 aromatic carbocycles. The summed E-state index contributed by atoms with van der Waals surface area (Å²) >= 11 is 0.608. The number of benzene rings is 2. The topological polar surface area (TPSA) is 68.8 Å². The van der Waals surface area contributed by atoms with E-state index in [4.69, 9.17) is 14.2 Å². The van der Waals surface area contributed by atoms with Gasteiger partial charge >= 0.3 is 12.2 Å². The van der Waals surface area contributed by atoms with Crippen LogP contribution in [0.4, 0.5) is 23.7 Å². The number of anilines is 1. The number of methoxy groups -OCH3 is 3. The first-order chi connectivity index (χ1) is 13.8. The smallest absolute Gasteiger partial charge is 0.398 e. The molecule has 0 saturated heterocycles. The monoisotopic (exact) mass is 430 g/mol. The standard InChI is InChI=1S/C19H21F3N2O4S/c1-26-14-9-8-12(16(27-2)17(14)28-3)10-23-18(25)24-13-6-4-5-7-15(13)29-11-19(20,21)22/h4-9H,10-11H2,1-3H3,(H2,23,24,25). The van der Waals surface area contributed by atoms with E-state index in [1.807, 2.05) is 0 Å². The molecular formula is C19H21F3N2O4S.